The van der Waals surface area contributed by atoms with E-state index in [9.17, 15) is 9.59 Å². The highest BCUT2D eigenvalue weighted by atomic mass is 16.5. The van der Waals surface area contributed by atoms with E-state index in [1.54, 1.807) is 13.0 Å². The monoisotopic (exact) mass is 328 g/mol. The third-order valence-corrected chi connectivity index (χ3v) is 3.99. The van der Waals surface area contributed by atoms with Gasteiger partial charge in [-0.15, -0.1) is 0 Å². The van der Waals surface area contributed by atoms with E-state index in [0.29, 0.717) is 29.4 Å². The lowest BCUT2D eigenvalue weighted by Gasteiger charge is -2.26. The summed E-state index contributed by atoms with van der Waals surface area (Å²) in [5.74, 6) is 0.962. The molecular formula is C17H20N4O3. The molecule has 0 fully saturated rings. The fraction of sp³-hybridized carbons (Fsp3) is 0.353. The number of H-pyrrole nitrogens is 1. The van der Waals surface area contributed by atoms with Crippen molar-refractivity contribution >= 4 is 17.5 Å². The zero-order valence-corrected chi connectivity index (χ0v) is 13.8. The summed E-state index contributed by atoms with van der Waals surface area (Å²) >= 11 is 0. The number of benzene rings is 1. The van der Waals surface area contributed by atoms with Crippen LogP contribution < -0.4 is 15.4 Å². The minimum Gasteiger partial charge on any atom is -0.478 e. The van der Waals surface area contributed by atoms with Crippen LogP contribution in [0.3, 0.4) is 0 Å². The Bertz CT molecular complexity index is 784. The SMILES string of the molecule is CCC1Oc2cc(C(C)NC(=O)c3cnc(C)[nH]3)ccc2NC1=O. The van der Waals surface area contributed by atoms with E-state index in [4.69, 9.17) is 4.74 Å². The van der Waals surface area contributed by atoms with E-state index in [2.05, 4.69) is 20.6 Å². The summed E-state index contributed by atoms with van der Waals surface area (Å²) in [6, 6.07) is 5.28. The number of rotatable bonds is 4. The van der Waals surface area contributed by atoms with Crippen LogP contribution in [-0.4, -0.2) is 27.9 Å². The minimum absolute atomic E-state index is 0.131. The molecule has 2 atom stereocenters. The Labute approximate surface area is 139 Å². The molecule has 1 aromatic heterocycles. The lowest BCUT2D eigenvalue weighted by molar-refractivity contribution is -0.123. The van der Waals surface area contributed by atoms with Crippen molar-refractivity contribution in [3.63, 3.8) is 0 Å². The molecule has 1 aliphatic rings. The van der Waals surface area contributed by atoms with Crippen LogP contribution in [0, 0.1) is 6.92 Å². The molecule has 0 saturated heterocycles. The molecule has 7 nitrogen and oxygen atoms in total. The van der Waals surface area contributed by atoms with Gasteiger partial charge < -0.3 is 20.4 Å². The zero-order chi connectivity index (χ0) is 17.3. The van der Waals surface area contributed by atoms with E-state index in [0.717, 1.165) is 5.56 Å². The van der Waals surface area contributed by atoms with Crippen LogP contribution in [0.5, 0.6) is 5.75 Å². The first-order valence-corrected chi connectivity index (χ1v) is 7.92. The van der Waals surface area contributed by atoms with Gasteiger partial charge in [-0.2, -0.15) is 0 Å². The van der Waals surface area contributed by atoms with Crippen molar-refractivity contribution in [3.05, 3.63) is 41.5 Å². The number of nitrogens with zero attached hydrogens (tertiary/aromatic N) is 1. The molecule has 2 unspecified atom stereocenters. The van der Waals surface area contributed by atoms with Crippen molar-refractivity contribution in [2.45, 2.75) is 39.3 Å². The molecule has 0 saturated carbocycles. The normalized spacial score (nSPS) is 17.5. The van der Waals surface area contributed by atoms with E-state index in [1.165, 1.54) is 6.20 Å². The van der Waals surface area contributed by atoms with Gasteiger partial charge in [0.25, 0.3) is 11.8 Å². The molecule has 0 aliphatic carbocycles. The average molecular weight is 328 g/mol. The summed E-state index contributed by atoms with van der Waals surface area (Å²) in [4.78, 5) is 30.9. The van der Waals surface area contributed by atoms with Gasteiger partial charge in [-0.05, 0) is 38.0 Å². The Kier molecular flexibility index (Phi) is 4.24. The van der Waals surface area contributed by atoms with E-state index >= 15 is 0 Å². The molecule has 7 heteroatoms. The Morgan fingerprint density at radius 3 is 2.92 bits per heavy atom. The molecule has 2 aromatic rings. The quantitative estimate of drug-likeness (QED) is 0.802. The molecule has 1 aromatic carbocycles. The number of carbonyl (C=O) groups excluding carboxylic acids is 2. The van der Waals surface area contributed by atoms with E-state index in [1.807, 2.05) is 26.0 Å². The van der Waals surface area contributed by atoms with Crippen molar-refractivity contribution in [1.29, 1.82) is 0 Å². The maximum absolute atomic E-state index is 12.2. The first kappa shape index (κ1) is 16.0. The molecular weight excluding hydrogens is 308 g/mol. The molecule has 2 heterocycles. The minimum atomic E-state index is -0.481. The zero-order valence-electron chi connectivity index (χ0n) is 13.8. The molecule has 0 spiro atoms. The van der Waals surface area contributed by atoms with Gasteiger partial charge in [-0.1, -0.05) is 13.0 Å². The molecule has 3 N–H and O–H groups in total. The summed E-state index contributed by atoms with van der Waals surface area (Å²) in [6.45, 7) is 5.58. The van der Waals surface area contributed by atoms with Crippen molar-refractivity contribution in [1.82, 2.24) is 15.3 Å². The number of aromatic nitrogens is 2. The third kappa shape index (κ3) is 3.10. The van der Waals surface area contributed by atoms with Crippen molar-refractivity contribution in [3.8, 4) is 5.75 Å². The standard InChI is InChI=1S/C17H20N4O3/c1-4-14-17(23)21-12-6-5-11(7-15(12)24-14)9(2)19-16(22)13-8-18-10(3)20-13/h5-9,14H,4H2,1-3H3,(H,18,20)(H,19,22)(H,21,23). The van der Waals surface area contributed by atoms with Crippen LogP contribution >= 0.6 is 0 Å². The summed E-state index contributed by atoms with van der Waals surface area (Å²) in [5, 5.41) is 5.75. The van der Waals surface area contributed by atoms with Gasteiger partial charge >= 0.3 is 0 Å². The number of hydrogen-bond acceptors (Lipinski definition) is 4. The second-order valence-electron chi connectivity index (χ2n) is 5.84. The van der Waals surface area contributed by atoms with Crippen molar-refractivity contribution in [2.75, 3.05) is 5.32 Å². The lowest BCUT2D eigenvalue weighted by Crippen LogP contribution is -2.36. The van der Waals surface area contributed by atoms with Crippen LogP contribution in [0.15, 0.2) is 24.4 Å². The number of nitrogens with one attached hydrogen (secondary N) is 3. The van der Waals surface area contributed by atoms with Gasteiger partial charge in [0, 0.05) is 0 Å². The average Bonchev–Trinajstić information content (AvgIpc) is 3.00. The van der Waals surface area contributed by atoms with Gasteiger partial charge in [0.15, 0.2) is 6.10 Å². The number of fused-ring (bicyclic) bond motifs is 1. The number of aromatic amines is 1. The highest BCUT2D eigenvalue weighted by Gasteiger charge is 2.26. The number of amides is 2. The summed E-state index contributed by atoms with van der Waals surface area (Å²) < 4.78 is 5.74. The van der Waals surface area contributed by atoms with Gasteiger partial charge in [-0.3, -0.25) is 9.59 Å². The predicted octanol–water partition coefficient (Wildman–Crippen LogP) is 2.32. The fourth-order valence-corrected chi connectivity index (χ4v) is 2.59. The number of anilines is 1. The van der Waals surface area contributed by atoms with Gasteiger partial charge in [0.1, 0.15) is 17.3 Å². The number of carbonyl (C=O) groups is 2. The first-order valence-electron chi connectivity index (χ1n) is 7.92. The van der Waals surface area contributed by atoms with Gasteiger partial charge in [0.05, 0.1) is 17.9 Å². The number of hydrogen-bond donors (Lipinski definition) is 3. The highest BCUT2D eigenvalue weighted by molar-refractivity contribution is 5.97. The molecule has 0 bridgehead atoms. The highest BCUT2D eigenvalue weighted by Crippen LogP contribution is 2.33. The second kappa shape index (κ2) is 6.35. The van der Waals surface area contributed by atoms with Crippen molar-refractivity contribution < 1.29 is 14.3 Å². The molecule has 0 radical (unpaired) electrons. The van der Waals surface area contributed by atoms with Gasteiger partial charge in [0.2, 0.25) is 0 Å². The maximum atomic E-state index is 12.2. The first-order chi connectivity index (χ1) is 11.5. The van der Waals surface area contributed by atoms with Crippen LogP contribution in [0.1, 0.15) is 48.2 Å². The van der Waals surface area contributed by atoms with E-state index in [-0.39, 0.29) is 17.9 Å². The molecule has 24 heavy (non-hydrogen) atoms. The molecule has 2 amide bonds. The molecule has 126 valence electrons. The van der Waals surface area contributed by atoms with Crippen LogP contribution in [-0.2, 0) is 4.79 Å². The Morgan fingerprint density at radius 1 is 1.46 bits per heavy atom. The maximum Gasteiger partial charge on any atom is 0.269 e. The van der Waals surface area contributed by atoms with Gasteiger partial charge in [-0.25, -0.2) is 4.98 Å². The number of aryl methyl sites for hydroxylation is 1. The largest absolute Gasteiger partial charge is 0.478 e. The van der Waals surface area contributed by atoms with Crippen molar-refractivity contribution in [2.24, 2.45) is 0 Å². The third-order valence-electron chi connectivity index (χ3n) is 3.99. The Hall–Kier alpha value is -2.83. The summed E-state index contributed by atoms with van der Waals surface area (Å²) in [5.41, 5.74) is 1.97. The second-order valence-corrected chi connectivity index (χ2v) is 5.84. The van der Waals surface area contributed by atoms with Crippen LogP contribution in [0.25, 0.3) is 0 Å². The topological polar surface area (TPSA) is 96.1 Å². The molecule has 3 rings (SSSR count). The smallest absolute Gasteiger partial charge is 0.269 e. The lowest BCUT2D eigenvalue weighted by atomic mass is 10.1. The Morgan fingerprint density at radius 2 is 2.25 bits per heavy atom. The predicted molar refractivity (Wildman–Crippen MR) is 89.0 cm³/mol. The summed E-state index contributed by atoms with van der Waals surface area (Å²) in [7, 11) is 0. The summed E-state index contributed by atoms with van der Waals surface area (Å²) in [6.07, 6.45) is 1.63. The number of imidazole rings is 1. The van der Waals surface area contributed by atoms with Crippen LogP contribution in [0.2, 0.25) is 0 Å². The Balaban J connectivity index is 1.75. The van der Waals surface area contributed by atoms with E-state index < -0.39 is 6.10 Å². The number of ether oxygens (including phenoxy) is 1. The molecule has 1 aliphatic heterocycles. The fourth-order valence-electron chi connectivity index (χ4n) is 2.59. The van der Waals surface area contributed by atoms with Crippen LogP contribution in [0.4, 0.5) is 5.69 Å².